The van der Waals surface area contributed by atoms with Crippen LogP contribution in [0.3, 0.4) is 0 Å². The minimum atomic E-state index is -3.51. The average molecular weight is 661 g/mol. The molecule has 0 spiro atoms. The van der Waals surface area contributed by atoms with E-state index in [2.05, 4.69) is 10.3 Å². The van der Waals surface area contributed by atoms with Gasteiger partial charge >= 0.3 is 13.7 Å². The lowest BCUT2D eigenvalue weighted by molar-refractivity contribution is -0.134. The summed E-state index contributed by atoms with van der Waals surface area (Å²) in [4.78, 5) is 54.5. The van der Waals surface area contributed by atoms with Crippen molar-refractivity contribution < 1.29 is 37.5 Å². The highest BCUT2D eigenvalue weighted by molar-refractivity contribution is 7.53. The molecule has 14 nitrogen and oxygen atoms in total. The van der Waals surface area contributed by atoms with Crippen LogP contribution in [0.1, 0.15) is 44.1 Å². The Hall–Kier alpha value is -3.58. The minimum absolute atomic E-state index is 0.00503. The summed E-state index contributed by atoms with van der Waals surface area (Å²) in [6, 6.07) is 9.91. The third-order valence-corrected chi connectivity index (χ3v) is 9.95. The van der Waals surface area contributed by atoms with Gasteiger partial charge in [0, 0.05) is 58.0 Å². The number of amides is 3. The molecule has 2 aliphatic heterocycles. The average Bonchev–Trinajstić information content (AvgIpc) is 3.56. The Morgan fingerprint density at radius 2 is 1.63 bits per heavy atom. The number of aromatic nitrogens is 2. The first-order chi connectivity index (χ1) is 22.2. The number of hydrogen-bond donors (Lipinski definition) is 1. The number of methoxy groups -OCH3 is 1. The molecule has 46 heavy (non-hydrogen) atoms. The van der Waals surface area contributed by atoms with Gasteiger partial charge in [0.2, 0.25) is 5.91 Å². The van der Waals surface area contributed by atoms with Crippen molar-refractivity contribution in [2.75, 3.05) is 77.3 Å². The number of carbonyl (C=O) groups excluding carboxylic acids is 3. The second-order valence-corrected chi connectivity index (χ2v) is 13.1. The summed E-state index contributed by atoms with van der Waals surface area (Å²) in [7, 11) is -1.84. The Labute approximate surface area is 270 Å². The molecule has 0 radical (unpaired) electrons. The van der Waals surface area contributed by atoms with Crippen molar-refractivity contribution in [3.8, 4) is 11.4 Å². The van der Waals surface area contributed by atoms with Crippen LogP contribution >= 0.6 is 7.60 Å². The van der Waals surface area contributed by atoms with Gasteiger partial charge in [-0.3, -0.25) is 14.2 Å². The van der Waals surface area contributed by atoms with Crippen molar-refractivity contribution in [1.29, 1.82) is 0 Å². The molecule has 0 aliphatic carbocycles. The first kappa shape index (κ1) is 35.3. The van der Waals surface area contributed by atoms with Crippen molar-refractivity contribution in [3.63, 3.8) is 0 Å². The van der Waals surface area contributed by atoms with E-state index in [1.54, 1.807) is 43.7 Å². The summed E-state index contributed by atoms with van der Waals surface area (Å²) < 4.78 is 34.9. The first-order valence-corrected chi connectivity index (χ1v) is 17.5. The molecule has 2 saturated heterocycles. The summed E-state index contributed by atoms with van der Waals surface area (Å²) in [5, 5.41) is 2.86. The molecule has 3 amide bonds. The smallest absolute Gasteiger partial charge is 0.409 e. The second-order valence-electron chi connectivity index (χ2n) is 10.9. The van der Waals surface area contributed by atoms with Crippen LogP contribution in [-0.2, 0) is 27.9 Å². The summed E-state index contributed by atoms with van der Waals surface area (Å²) in [6.07, 6.45) is 0.362. The van der Waals surface area contributed by atoms with Gasteiger partial charge in [-0.25, -0.2) is 14.8 Å². The highest BCUT2D eigenvalue weighted by Gasteiger charge is 2.34. The zero-order valence-electron chi connectivity index (χ0n) is 27.1. The van der Waals surface area contributed by atoms with Crippen molar-refractivity contribution in [2.24, 2.45) is 0 Å². The molecule has 15 heteroatoms. The fraction of sp³-hybridized carbons (Fsp3) is 0.581. The van der Waals surface area contributed by atoms with Gasteiger partial charge in [0.15, 0.2) is 5.82 Å². The summed E-state index contributed by atoms with van der Waals surface area (Å²) in [5.74, 6) is 0.0129. The number of nitrogens with zero attached hydrogens (tertiary/aromatic N) is 5. The number of anilines is 1. The van der Waals surface area contributed by atoms with Gasteiger partial charge in [0.25, 0.3) is 5.91 Å². The number of rotatable bonds is 14. The molecule has 0 unspecified atom stereocenters. The molecule has 1 aromatic heterocycles. The van der Waals surface area contributed by atoms with Gasteiger partial charge in [-0.15, -0.1) is 0 Å². The van der Waals surface area contributed by atoms with Gasteiger partial charge < -0.3 is 38.5 Å². The van der Waals surface area contributed by atoms with E-state index in [4.69, 9.17) is 23.5 Å². The Morgan fingerprint density at radius 3 is 2.24 bits per heavy atom. The summed E-state index contributed by atoms with van der Waals surface area (Å²) in [5.41, 5.74) is 0.829. The summed E-state index contributed by atoms with van der Waals surface area (Å²) in [6.45, 7) is 8.16. The highest BCUT2D eigenvalue weighted by Crippen LogP contribution is 2.48. The van der Waals surface area contributed by atoms with Crippen LogP contribution in [0, 0.1) is 0 Å². The molecule has 2 aliphatic rings. The van der Waals surface area contributed by atoms with Gasteiger partial charge in [-0.2, -0.15) is 0 Å². The Balaban J connectivity index is 1.59. The lowest BCUT2D eigenvalue weighted by Gasteiger charge is -2.36. The fourth-order valence-electron chi connectivity index (χ4n) is 5.44. The summed E-state index contributed by atoms with van der Waals surface area (Å²) >= 11 is 0. The molecule has 4 rings (SSSR count). The van der Waals surface area contributed by atoms with Gasteiger partial charge in [0.05, 0.1) is 32.1 Å². The molecule has 2 fully saturated rings. The van der Waals surface area contributed by atoms with E-state index in [0.717, 1.165) is 12.0 Å². The number of nitrogens with one attached hydrogen (secondary N) is 1. The maximum absolute atomic E-state index is 13.9. The van der Waals surface area contributed by atoms with Crippen LogP contribution in [0.2, 0.25) is 0 Å². The third kappa shape index (κ3) is 9.25. The van der Waals surface area contributed by atoms with Crippen molar-refractivity contribution in [3.05, 3.63) is 42.1 Å². The molecular weight excluding hydrogens is 615 g/mol. The molecule has 1 N–H and O–H groups in total. The van der Waals surface area contributed by atoms with Crippen LogP contribution in [0.25, 0.3) is 11.4 Å². The quantitative estimate of drug-likeness (QED) is 0.297. The lowest BCUT2D eigenvalue weighted by Crippen LogP contribution is -2.56. The van der Waals surface area contributed by atoms with Gasteiger partial charge in [-0.05, 0) is 33.6 Å². The number of hydrogen-bond acceptors (Lipinski definition) is 11. The van der Waals surface area contributed by atoms with Crippen LogP contribution in [0.4, 0.5) is 10.6 Å². The molecule has 0 bridgehead atoms. The Kier molecular flexibility index (Phi) is 12.9. The monoisotopic (exact) mass is 660 g/mol. The van der Waals surface area contributed by atoms with Gasteiger partial charge in [0.1, 0.15) is 17.6 Å². The zero-order chi connectivity index (χ0) is 33.1. The minimum Gasteiger partial charge on any atom is -0.450 e. The Morgan fingerprint density at radius 1 is 0.957 bits per heavy atom. The van der Waals surface area contributed by atoms with Crippen LogP contribution in [0.5, 0.6) is 0 Å². The second kappa shape index (κ2) is 16.8. The normalized spacial score (nSPS) is 17.6. The van der Waals surface area contributed by atoms with Crippen molar-refractivity contribution in [2.45, 2.75) is 45.8 Å². The van der Waals surface area contributed by atoms with Gasteiger partial charge in [-0.1, -0.05) is 30.3 Å². The van der Waals surface area contributed by atoms with E-state index in [-0.39, 0.29) is 76.3 Å². The lowest BCUT2D eigenvalue weighted by atomic mass is 10.1. The molecular formula is C31H45N6O8P. The number of benzene rings is 1. The van der Waals surface area contributed by atoms with E-state index in [0.29, 0.717) is 24.7 Å². The van der Waals surface area contributed by atoms with Crippen LogP contribution in [-0.4, -0.2) is 122 Å². The maximum Gasteiger partial charge on any atom is 0.409 e. The van der Waals surface area contributed by atoms with Crippen molar-refractivity contribution >= 4 is 31.3 Å². The molecule has 1 aromatic carbocycles. The standard InChI is InChI=1S/C31H45N6O8P/c1-5-43-31(40)36-18-16-35(17-19-36)30(39)25(14-20-46(41,44-6-2)45-7-3)33-29(38)26-21-27(37-15-13-24(22-37)42-4)34-28(32-26)23-11-9-8-10-12-23/h8-12,21,24-25H,5-7,13-20,22H2,1-4H3,(H,33,38)/t24-,25-/m0/s1. The SMILES string of the molecule is CCOC(=O)N1CCN(C(=O)[C@H](CCP(=O)(OCC)OCC)NC(=O)c2cc(N3CC[C@H](OC)C3)nc(-c3ccccc3)n2)CC1. The van der Waals surface area contributed by atoms with E-state index < -0.39 is 25.6 Å². The molecule has 0 saturated carbocycles. The van der Waals surface area contributed by atoms with E-state index in [1.165, 1.54) is 0 Å². The van der Waals surface area contributed by atoms with E-state index in [1.807, 2.05) is 35.2 Å². The third-order valence-electron chi connectivity index (χ3n) is 7.84. The number of ether oxygens (including phenoxy) is 2. The zero-order valence-corrected chi connectivity index (χ0v) is 27.9. The van der Waals surface area contributed by atoms with Crippen LogP contribution < -0.4 is 10.2 Å². The number of piperazine rings is 1. The highest BCUT2D eigenvalue weighted by atomic mass is 31.2. The first-order valence-electron chi connectivity index (χ1n) is 15.8. The molecule has 2 atom stereocenters. The maximum atomic E-state index is 13.9. The predicted octanol–water partition coefficient (Wildman–Crippen LogP) is 3.42. The number of carbonyl (C=O) groups is 3. The van der Waals surface area contributed by atoms with E-state index in [9.17, 15) is 18.9 Å². The molecule has 252 valence electrons. The Bertz CT molecular complexity index is 1360. The molecule has 3 heterocycles. The van der Waals surface area contributed by atoms with Crippen LogP contribution in [0.15, 0.2) is 36.4 Å². The largest absolute Gasteiger partial charge is 0.450 e. The topological polar surface area (TPSA) is 153 Å². The fourth-order valence-corrected chi connectivity index (χ4v) is 7.13. The molecule has 2 aromatic rings. The predicted molar refractivity (Wildman–Crippen MR) is 172 cm³/mol. The van der Waals surface area contributed by atoms with Crippen molar-refractivity contribution in [1.82, 2.24) is 25.1 Å². The van der Waals surface area contributed by atoms with E-state index >= 15 is 0 Å².